The Balaban J connectivity index is 1.96. The second-order valence-electron chi connectivity index (χ2n) is 5.96. The molecule has 0 saturated carbocycles. The molecule has 0 aromatic heterocycles. The number of methoxy groups -OCH3 is 1. The zero-order valence-corrected chi connectivity index (χ0v) is 15.5. The SMILES string of the molecule is COC(=O)CN1C(=O)[C@](O)(CC(=O)c2cccc(Br)c2)c2ccccc21. The Hall–Kier alpha value is -2.51. The number of fused-ring (bicyclic) bond motifs is 1. The molecule has 3 rings (SSSR count). The van der Waals surface area contributed by atoms with Crippen LogP contribution >= 0.6 is 15.9 Å². The maximum atomic E-state index is 12.9. The van der Waals surface area contributed by atoms with Crippen molar-refractivity contribution >= 4 is 39.3 Å². The molecule has 1 aliphatic rings. The number of halogens is 1. The van der Waals surface area contributed by atoms with Gasteiger partial charge in [-0.1, -0.05) is 46.3 Å². The average molecular weight is 418 g/mol. The van der Waals surface area contributed by atoms with Gasteiger partial charge >= 0.3 is 5.97 Å². The zero-order chi connectivity index (χ0) is 18.9. The van der Waals surface area contributed by atoms with Gasteiger partial charge in [0.05, 0.1) is 19.2 Å². The normalized spacial score (nSPS) is 18.6. The number of anilines is 1. The molecule has 0 fully saturated rings. The summed E-state index contributed by atoms with van der Waals surface area (Å²) >= 11 is 3.30. The molecule has 0 saturated heterocycles. The number of Topliss-reactive ketones (excluding diaryl/α,β-unsaturated/α-hetero) is 1. The van der Waals surface area contributed by atoms with Crippen LogP contribution in [0, 0.1) is 0 Å². The number of para-hydroxylation sites is 1. The molecule has 0 aliphatic carbocycles. The molecule has 1 amide bonds. The summed E-state index contributed by atoms with van der Waals surface area (Å²) in [6.07, 6.45) is -0.420. The molecule has 0 unspecified atom stereocenters. The summed E-state index contributed by atoms with van der Waals surface area (Å²) in [7, 11) is 1.22. The molecule has 1 atom stereocenters. The second-order valence-corrected chi connectivity index (χ2v) is 6.87. The molecule has 2 aromatic rings. The maximum Gasteiger partial charge on any atom is 0.325 e. The van der Waals surface area contributed by atoms with Gasteiger partial charge in [0.25, 0.3) is 5.91 Å². The van der Waals surface area contributed by atoms with Crippen molar-refractivity contribution in [2.75, 3.05) is 18.6 Å². The maximum absolute atomic E-state index is 12.9. The number of hydrogen-bond acceptors (Lipinski definition) is 5. The summed E-state index contributed by atoms with van der Waals surface area (Å²) in [5, 5.41) is 11.1. The number of carbonyl (C=O) groups is 3. The number of hydrogen-bond donors (Lipinski definition) is 1. The summed E-state index contributed by atoms with van der Waals surface area (Å²) < 4.78 is 5.34. The van der Waals surface area contributed by atoms with Crippen LogP contribution in [0.3, 0.4) is 0 Å². The Bertz CT molecular complexity index is 897. The van der Waals surface area contributed by atoms with Crippen LogP contribution < -0.4 is 4.90 Å². The number of ether oxygens (including phenoxy) is 1. The highest BCUT2D eigenvalue weighted by Gasteiger charge is 2.51. The highest BCUT2D eigenvalue weighted by atomic mass is 79.9. The highest BCUT2D eigenvalue weighted by molar-refractivity contribution is 9.10. The quantitative estimate of drug-likeness (QED) is 0.596. The fourth-order valence-electron chi connectivity index (χ4n) is 3.02. The molecule has 7 heteroatoms. The zero-order valence-electron chi connectivity index (χ0n) is 13.9. The van der Waals surface area contributed by atoms with Gasteiger partial charge in [-0.3, -0.25) is 19.3 Å². The van der Waals surface area contributed by atoms with Crippen LogP contribution in [0.2, 0.25) is 0 Å². The number of carbonyl (C=O) groups excluding carboxylic acids is 3. The van der Waals surface area contributed by atoms with Gasteiger partial charge in [0.2, 0.25) is 0 Å². The van der Waals surface area contributed by atoms with E-state index in [4.69, 9.17) is 0 Å². The van der Waals surface area contributed by atoms with Crippen LogP contribution in [0.25, 0.3) is 0 Å². The predicted octanol–water partition coefficient (Wildman–Crippen LogP) is 2.43. The van der Waals surface area contributed by atoms with Crippen LogP contribution in [0.15, 0.2) is 53.0 Å². The number of esters is 1. The number of rotatable bonds is 5. The first-order valence-electron chi connectivity index (χ1n) is 7.86. The highest BCUT2D eigenvalue weighted by Crippen LogP contribution is 2.42. The molecule has 26 heavy (non-hydrogen) atoms. The van der Waals surface area contributed by atoms with E-state index < -0.39 is 23.9 Å². The lowest BCUT2D eigenvalue weighted by Crippen LogP contribution is -2.43. The number of aliphatic hydroxyl groups is 1. The van der Waals surface area contributed by atoms with Crippen molar-refractivity contribution in [1.82, 2.24) is 0 Å². The van der Waals surface area contributed by atoms with Gasteiger partial charge in [-0.15, -0.1) is 0 Å². The van der Waals surface area contributed by atoms with Gasteiger partial charge < -0.3 is 9.84 Å². The third kappa shape index (κ3) is 3.15. The van der Waals surface area contributed by atoms with E-state index >= 15 is 0 Å². The molecule has 1 aliphatic heterocycles. The lowest BCUT2D eigenvalue weighted by atomic mass is 9.88. The summed E-state index contributed by atoms with van der Waals surface area (Å²) in [5.74, 6) is -1.71. The number of amides is 1. The van der Waals surface area contributed by atoms with Crippen molar-refractivity contribution in [3.8, 4) is 0 Å². The van der Waals surface area contributed by atoms with Gasteiger partial charge in [0.1, 0.15) is 6.54 Å². The lowest BCUT2D eigenvalue weighted by Gasteiger charge is -2.22. The minimum absolute atomic E-state index is 0.303. The van der Waals surface area contributed by atoms with Crippen molar-refractivity contribution < 1.29 is 24.2 Å². The molecule has 0 radical (unpaired) electrons. The topological polar surface area (TPSA) is 83.9 Å². The molecular formula is C19H16BrNO5. The first kappa shape index (κ1) is 18.3. The fraction of sp³-hybridized carbons (Fsp3) is 0.211. The molecule has 1 heterocycles. The van der Waals surface area contributed by atoms with Crippen molar-refractivity contribution in [3.05, 3.63) is 64.1 Å². The van der Waals surface area contributed by atoms with Gasteiger partial charge in [-0.2, -0.15) is 0 Å². The van der Waals surface area contributed by atoms with E-state index in [1.807, 2.05) is 0 Å². The van der Waals surface area contributed by atoms with Crippen LogP contribution in [-0.2, 0) is 19.9 Å². The Kier molecular flexibility index (Phi) is 4.93. The minimum Gasteiger partial charge on any atom is -0.468 e. The van der Waals surface area contributed by atoms with E-state index in [-0.39, 0.29) is 12.3 Å². The number of nitrogens with zero attached hydrogens (tertiary/aromatic N) is 1. The summed E-state index contributed by atoms with van der Waals surface area (Å²) in [6.45, 7) is -0.334. The third-order valence-corrected chi connectivity index (χ3v) is 4.81. The van der Waals surface area contributed by atoms with Crippen LogP contribution in [0.5, 0.6) is 0 Å². The Labute approximate surface area is 158 Å². The van der Waals surface area contributed by atoms with Crippen LogP contribution in [0.1, 0.15) is 22.3 Å². The summed E-state index contributed by atoms with van der Waals surface area (Å²) in [5.41, 5.74) is -0.946. The molecule has 134 valence electrons. The molecular weight excluding hydrogens is 402 g/mol. The predicted molar refractivity (Wildman–Crippen MR) is 97.8 cm³/mol. The minimum atomic E-state index is -2.02. The third-order valence-electron chi connectivity index (χ3n) is 4.32. The summed E-state index contributed by atoms with van der Waals surface area (Å²) in [4.78, 5) is 38.3. The Morgan fingerprint density at radius 1 is 1.19 bits per heavy atom. The second kappa shape index (κ2) is 7.01. The van der Waals surface area contributed by atoms with Crippen LogP contribution in [-0.4, -0.2) is 36.4 Å². The first-order valence-corrected chi connectivity index (χ1v) is 8.65. The van der Waals surface area contributed by atoms with E-state index in [0.717, 1.165) is 9.37 Å². The largest absolute Gasteiger partial charge is 0.468 e. The average Bonchev–Trinajstić information content (AvgIpc) is 2.84. The monoisotopic (exact) mass is 417 g/mol. The van der Waals surface area contributed by atoms with Gasteiger partial charge in [-0.05, 0) is 18.2 Å². The van der Waals surface area contributed by atoms with Gasteiger partial charge in [0.15, 0.2) is 11.4 Å². The van der Waals surface area contributed by atoms with Gasteiger partial charge in [-0.25, -0.2) is 0 Å². The van der Waals surface area contributed by atoms with Crippen molar-refractivity contribution in [2.24, 2.45) is 0 Å². The van der Waals surface area contributed by atoms with Crippen molar-refractivity contribution in [1.29, 1.82) is 0 Å². The molecule has 6 nitrogen and oxygen atoms in total. The number of ketones is 1. The first-order chi connectivity index (χ1) is 12.4. The van der Waals surface area contributed by atoms with Gasteiger partial charge in [0, 0.05) is 15.6 Å². The van der Waals surface area contributed by atoms with E-state index in [1.54, 1.807) is 48.5 Å². The van der Waals surface area contributed by atoms with Crippen LogP contribution in [0.4, 0.5) is 5.69 Å². The molecule has 2 aromatic carbocycles. The van der Waals surface area contributed by atoms with Crippen molar-refractivity contribution in [2.45, 2.75) is 12.0 Å². The van der Waals surface area contributed by atoms with E-state index in [0.29, 0.717) is 16.8 Å². The Morgan fingerprint density at radius 3 is 2.62 bits per heavy atom. The molecule has 0 spiro atoms. The molecule has 0 bridgehead atoms. The molecule has 1 N–H and O–H groups in total. The van der Waals surface area contributed by atoms with E-state index in [9.17, 15) is 19.5 Å². The van der Waals surface area contributed by atoms with Crippen molar-refractivity contribution in [3.63, 3.8) is 0 Å². The number of benzene rings is 2. The fourth-order valence-corrected chi connectivity index (χ4v) is 3.42. The van der Waals surface area contributed by atoms with E-state index in [1.165, 1.54) is 7.11 Å². The lowest BCUT2D eigenvalue weighted by molar-refractivity contribution is -0.142. The smallest absolute Gasteiger partial charge is 0.325 e. The summed E-state index contributed by atoms with van der Waals surface area (Å²) in [6, 6.07) is 13.3. The Morgan fingerprint density at radius 2 is 1.92 bits per heavy atom. The van der Waals surface area contributed by atoms with E-state index in [2.05, 4.69) is 20.7 Å². The standard InChI is InChI=1S/C19H16BrNO5/c1-26-17(23)11-21-15-8-3-2-7-14(15)19(25,18(21)24)10-16(22)12-5-4-6-13(20)9-12/h2-9,25H,10-11H2,1H3/t19-/m0/s1.